The van der Waals surface area contributed by atoms with Crippen LogP contribution in [0.5, 0.6) is 0 Å². The number of hydrogen-bond donors (Lipinski definition) is 1. The molecule has 1 aliphatic heterocycles. The number of fused-ring (bicyclic) bond motifs is 1. The molecule has 0 fully saturated rings. The van der Waals surface area contributed by atoms with Gasteiger partial charge in [0.2, 0.25) is 0 Å². The molecule has 1 unspecified atom stereocenters. The Labute approximate surface area is 80.5 Å². The molecule has 0 radical (unpaired) electrons. The van der Waals surface area contributed by atoms with Crippen LogP contribution in [0.1, 0.15) is 12.5 Å². The number of nitrogens with one attached hydrogen (secondary N) is 1. The summed E-state index contributed by atoms with van der Waals surface area (Å²) in [5, 5.41) is 3.31. The van der Waals surface area contributed by atoms with Crippen LogP contribution in [0, 0.1) is 5.92 Å². The molecule has 2 rings (SSSR count). The van der Waals surface area contributed by atoms with Crippen molar-refractivity contribution in [3.63, 3.8) is 0 Å². The highest BCUT2D eigenvalue weighted by Gasteiger charge is 2.14. The average Bonchev–Trinajstić information content (AvgIpc) is 2.03. The van der Waals surface area contributed by atoms with Crippen LogP contribution in [0.4, 0.5) is 5.82 Å². The van der Waals surface area contributed by atoms with E-state index in [1.165, 1.54) is 5.56 Å². The lowest BCUT2D eigenvalue weighted by atomic mass is 9.98. The summed E-state index contributed by atoms with van der Waals surface area (Å²) in [6, 6.07) is 2.14. The van der Waals surface area contributed by atoms with Crippen LogP contribution in [0.3, 0.4) is 0 Å². The van der Waals surface area contributed by atoms with Gasteiger partial charge in [0.25, 0.3) is 0 Å². The number of nitrogens with zero attached hydrogens (tertiary/aromatic N) is 1. The molecule has 3 heteroatoms. The first-order valence-corrected chi connectivity index (χ1v) is 4.93. The maximum atomic E-state index is 4.30. The van der Waals surface area contributed by atoms with Crippen molar-refractivity contribution < 1.29 is 0 Å². The van der Waals surface area contributed by atoms with Gasteiger partial charge in [-0.2, -0.15) is 0 Å². The standard InChI is InChI=1S/C9H11BrN2/c1-6-2-7-3-8(10)5-12-9(7)11-4-6/h3,5-6H,2,4H2,1H3,(H,11,12). The van der Waals surface area contributed by atoms with Gasteiger partial charge in [-0.05, 0) is 39.9 Å². The third kappa shape index (κ3) is 1.46. The fourth-order valence-corrected chi connectivity index (χ4v) is 1.89. The second-order valence-corrected chi connectivity index (χ2v) is 4.27. The molecule has 64 valence electrons. The molecule has 0 aromatic carbocycles. The van der Waals surface area contributed by atoms with Gasteiger partial charge < -0.3 is 5.32 Å². The lowest BCUT2D eigenvalue weighted by molar-refractivity contribution is 0.590. The van der Waals surface area contributed by atoms with E-state index in [-0.39, 0.29) is 0 Å². The summed E-state index contributed by atoms with van der Waals surface area (Å²) in [5.74, 6) is 1.77. The molecule has 0 bridgehead atoms. The van der Waals surface area contributed by atoms with Crippen molar-refractivity contribution in [3.05, 3.63) is 22.3 Å². The largest absolute Gasteiger partial charge is 0.370 e. The van der Waals surface area contributed by atoms with Gasteiger partial charge in [-0.1, -0.05) is 6.92 Å². The zero-order valence-electron chi connectivity index (χ0n) is 6.97. The van der Waals surface area contributed by atoms with E-state index in [9.17, 15) is 0 Å². The number of aromatic nitrogens is 1. The predicted molar refractivity (Wildman–Crippen MR) is 53.3 cm³/mol. The summed E-state index contributed by atoms with van der Waals surface area (Å²) in [6.07, 6.45) is 2.97. The number of hydrogen-bond acceptors (Lipinski definition) is 2. The second-order valence-electron chi connectivity index (χ2n) is 3.35. The normalized spacial score (nSPS) is 21.3. The first kappa shape index (κ1) is 8.05. The Kier molecular flexibility index (Phi) is 2.05. The molecule has 1 aromatic heterocycles. The lowest BCUT2D eigenvalue weighted by Crippen LogP contribution is -2.21. The van der Waals surface area contributed by atoms with Crippen molar-refractivity contribution in [2.45, 2.75) is 13.3 Å². The summed E-state index contributed by atoms with van der Waals surface area (Å²) in [4.78, 5) is 4.30. The molecule has 1 atom stereocenters. The summed E-state index contributed by atoms with van der Waals surface area (Å²) in [5.41, 5.74) is 1.32. The van der Waals surface area contributed by atoms with Crippen LogP contribution in [-0.2, 0) is 6.42 Å². The zero-order valence-corrected chi connectivity index (χ0v) is 8.56. The van der Waals surface area contributed by atoms with Crippen molar-refractivity contribution in [3.8, 4) is 0 Å². The lowest BCUT2D eigenvalue weighted by Gasteiger charge is -2.22. The third-order valence-corrected chi connectivity index (χ3v) is 2.55. The van der Waals surface area contributed by atoms with E-state index >= 15 is 0 Å². The Morgan fingerprint density at radius 3 is 3.33 bits per heavy atom. The molecule has 1 N–H and O–H groups in total. The minimum absolute atomic E-state index is 0.716. The first-order chi connectivity index (χ1) is 5.75. The number of halogens is 1. The van der Waals surface area contributed by atoms with Gasteiger partial charge >= 0.3 is 0 Å². The van der Waals surface area contributed by atoms with E-state index in [0.29, 0.717) is 5.92 Å². The Morgan fingerprint density at radius 1 is 1.67 bits per heavy atom. The minimum Gasteiger partial charge on any atom is -0.370 e. The van der Waals surface area contributed by atoms with Crippen LogP contribution >= 0.6 is 15.9 Å². The molecule has 0 saturated heterocycles. The van der Waals surface area contributed by atoms with Gasteiger partial charge in [0, 0.05) is 17.2 Å². The molecule has 12 heavy (non-hydrogen) atoms. The van der Waals surface area contributed by atoms with Crippen molar-refractivity contribution in [2.75, 3.05) is 11.9 Å². The fraction of sp³-hybridized carbons (Fsp3) is 0.444. The summed E-state index contributed by atoms with van der Waals surface area (Å²) >= 11 is 3.42. The SMILES string of the molecule is CC1CNc2ncc(Br)cc2C1. The summed E-state index contributed by atoms with van der Waals surface area (Å²) < 4.78 is 1.07. The number of anilines is 1. The second kappa shape index (κ2) is 3.05. The van der Waals surface area contributed by atoms with Gasteiger partial charge in [-0.3, -0.25) is 0 Å². The van der Waals surface area contributed by atoms with E-state index in [4.69, 9.17) is 0 Å². The average molecular weight is 227 g/mol. The van der Waals surface area contributed by atoms with Crippen LogP contribution < -0.4 is 5.32 Å². The quantitative estimate of drug-likeness (QED) is 0.736. The van der Waals surface area contributed by atoms with E-state index in [2.05, 4.69) is 39.2 Å². The third-order valence-electron chi connectivity index (χ3n) is 2.12. The molecule has 0 amide bonds. The maximum Gasteiger partial charge on any atom is 0.129 e. The van der Waals surface area contributed by atoms with Crippen LogP contribution in [0.15, 0.2) is 16.7 Å². The van der Waals surface area contributed by atoms with Gasteiger partial charge in [0.1, 0.15) is 5.82 Å². The van der Waals surface area contributed by atoms with Crippen LogP contribution in [0.25, 0.3) is 0 Å². The molecular weight excluding hydrogens is 216 g/mol. The maximum absolute atomic E-state index is 4.30. The Morgan fingerprint density at radius 2 is 2.50 bits per heavy atom. The van der Waals surface area contributed by atoms with Crippen LogP contribution in [-0.4, -0.2) is 11.5 Å². The van der Waals surface area contributed by atoms with E-state index < -0.39 is 0 Å². The molecular formula is C9H11BrN2. The van der Waals surface area contributed by atoms with Gasteiger partial charge in [-0.25, -0.2) is 4.98 Å². The first-order valence-electron chi connectivity index (χ1n) is 4.14. The van der Waals surface area contributed by atoms with Crippen molar-refractivity contribution in [1.82, 2.24) is 4.98 Å². The van der Waals surface area contributed by atoms with Crippen molar-refractivity contribution in [1.29, 1.82) is 0 Å². The molecule has 1 aromatic rings. The van der Waals surface area contributed by atoms with Gasteiger partial charge in [0.05, 0.1) is 0 Å². The molecule has 0 saturated carbocycles. The number of rotatable bonds is 0. The molecule has 2 nitrogen and oxygen atoms in total. The fourth-order valence-electron chi connectivity index (χ4n) is 1.51. The van der Waals surface area contributed by atoms with Gasteiger partial charge in [0.15, 0.2) is 0 Å². The zero-order chi connectivity index (χ0) is 8.55. The van der Waals surface area contributed by atoms with Gasteiger partial charge in [-0.15, -0.1) is 0 Å². The highest BCUT2D eigenvalue weighted by atomic mass is 79.9. The Bertz CT molecular complexity index is 299. The predicted octanol–water partition coefficient (Wildman–Crippen LogP) is 2.45. The van der Waals surface area contributed by atoms with E-state index in [0.717, 1.165) is 23.3 Å². The Balaban J connectivity index is 2.37. The Hall–Kier alpha value is -0.570. The van der Waals surface area contributed by atoms with Crippen molar-refractivity contribution in [2.24, 2.45) is 5.92 Å². The number of pyridine rings is 1. The van der Waals surface area contributed by atoms with E-state index in [1.807, 2.05) is 6.20 Å². The molecule has 2 heterocycles. The smallest absolute Gasteiger partial charge is 0.129 e. The summed E-state index contributed by atoms with van der Waals surface area (Å²) in [7, 11) is 0. The van der Waals surface area contributed by atoms with Crippen molar-refractivity contribution >= 4 is 21.7 Å². The minimum atomic E-state index is 0.716. The van der Waals surface area contributed by atoms with Crippen LogP contribution in [0.2, 0.25) is 0 Å². The molecule has 0 spiro atoms. The molecule has 1 aliphatic rings. The molecule has 0 aliphatic carbocycles. The van der Waals surface area contributed by atoms with E-state index in [1.54, 1.807) is 0 Å². The topological polar surface area (TPSA) is 24.9 Å². The highest BCUT2D eigenvalue weighted by molar-refractivity contribution is 9.10. The highest BCUT2D eigenvalue weighted by Crippen LogP contribution is 2.24. The monoisotopic (exact) mass is 226 g/mol. The summed E-state index contributed by atoms with van der Waals surface area (Å²) in [6.45, 7) is 3.29.